The maximum Gasteiger partial charge on any atom is 0.150 e. The van der Waals surface area contributed by atoms with Gasteiger partial charge in [0.1, 0.15) is 12.5 Å². The fourth-order valence-electron chi connectivity index (χ4n) is 1.74. The summed E-state index contributed by atoms with van der Waals surface area (Å²) in [5.41, 5.74) is 2.64. The van der Waals surface area contributed by atoms with Crippen molar-refractivity contribution in [2.75, 3.05) is 5.32 Å². The van der Waals surface area contributed by atoms with Gasteiger partial charge in [-0.3, -0.25) is 4.79 Å². The molecule has 1 atom stereocenters. The van der Waals surface area contributed by atoms with E-state index in [-0.39, 0.29) is 0 Å². The van der Waals surface area contributed by atoms with Crippen LogP contribution in [0.25, 0.3) is 0 Å². The molecule has 19 heavy (non-hydrogen) atoms. The third-order valence-electron chi connectivity index (χ3n) is 2.76. The standard InChI is InChI=1S/C15H13ClFNO/c1-10(17)14-8-13(6-7-15(14)16)18-12-4-2-11(9-19)3-5-12/h2-10,18H,1H3. The molecule has 2 nitrogen and oxygen atoms in total. The molecule has 0 radical (unpaired) electrons. The van der Waals surface area contributed by atoms with Gasteiger partial charge in [0.2, 0.25) is 0 Å². The van der Waals surface area contributed by atoms with Crippen LogP contribution in [0.5, 0.6) is 0 Å². The zero-order valence-electron chi connectivity index (χ0n) is 10.4. The van der Waals surface area contributed by atoms with Crippen LogP contribution in [0, 0.1) is 0 Å². The molecule has 0 fully saturated rings. The van der Waals surface area contributed by atoms with Crippen LogP contribution in [-0.4, -0.2) is 6.29 Å². The summed E-state index contributed by atoms with van der Waals surface area (Å²) in [6.45, 7) is 1.45. The molecule has 1 N–H and O–H groups in total. The molecule has 0 spiro atoms. The van der Waals surface area contributed by atoms with Crippen LogP contribution >= 0.6 is 11.6 Å². The first-order valence-corrected chi connectivity index (χ1v) is 6.23. The molecular formula is C15H13ClFNO. The smallest absolute Gasteiger partial charge is 0.150 e. The van der Waals surface area contributed by atoms with Gasteiger partial charge in [-0.05, 0) is 49.4 Å². The number of nitrogens with one attached hydrogen (secondary N) is 1. The van der Waals surface area contributed by atoms with Crippen molar-refractivity contribution in [1.29, 1.82) is 0 Å². The molecule has 0 bridgehead atoms. The molecule has 0 aromatic heterocycles. The van der Waals surface area contributed by atoms with E-state index in [1.807, 2.05) is 0 Å². The van der Waals surface area contributed by atoms with Crippen molar-refractivity contribution in [1.82, 2.24) is 0 Å². The summed E-state index contributed by atoms with van der Waals surface area (Å²) in [4.78, 5) is 10.6. The highest BCUT2D eigenvalue weighted by Crippen LogP contribution is 2.29. The molecule has 0 saturated heterocycles. The maximum atomic E-state index is 13.4. The number of anilines is 2. The average Bonchev–Trinajstić information content (AvgIpc) is 2.41. The Morgan fingerprint density at radius 3 is 2.37 bits per heavy atom. The number of rotatable bonds is 4. The van der Waals surface area contributed by atoms with Crippen molar-refractivity contribution in [2.45, 2.75) is 13.1 Å². The van der Waals surface area contributed by atoms with Crippen LogP contribution in [0.2, 0.25) is 5.02 Å². The van der Waals surface area contributed by atoms with Gasteiger partial charge in [0.15, 0.2) is 0 Å². The first-order chi connectivity index (χ1) is 9.10. The van der Waals surface area contributed by atoms with Gasteiger partial charge in [0.25, 0.3) is 0 Å². The van der Waals surface area contributed by atoms with Crippen LogP contribution in [0.4, 0.5) is 15.8 Å². The zero-order chi connectivity index (χ0) is 13.8. The summed E-state index contributed by atoms with van der Waals surface area (Å²) in [6, 6.07) is 12.1. The van der Waals surface area contributed by atoms with Crippen LogP contribution in [0.15, 0.2) is 42.5 Å². The Morgan fingerprint density at radius 2 is 1.79 bits per heavy atom. The van der Waals surface area contributed by atoms with Gasteiger partial charge in [-0.2, -0.15) is 0 Å². The third kappa shape index (κ3) is 3.32. The van der Waals surface area contributed by atoms with E-state index >= 15 is 0 Å². The predicted molar refractivity (Wildman–Crippen MR) is 76.1 cm³/mol. The summed E-state index contributed by atoms with van der Waals surface area (Å²) in [5, 5.41) is 3.55. The lowest BCUT2D eigenvalue weighted by atomic mass is 10.1. The average molecular weight is 278 g/mol. The van der Waals surface area contributed by atoms with Crippen LogP contribution < -0.4 is 5.32 Å². The molecule has 0 aliphatic heterocycles. The van der Waals surface area contributed by atoms with Gasteiger partial charge < -0.3 is 5.32 Å². The van der Waals surface area contributed by atoms with E-state index in [0.29, 0.717) is 16.1 Å². The predicted octanol–water partition coefficient (Wildman–Crippen LogP) is 4.93. The Kier molecular flexibility index (Phi) is 4.17. The Bertz CT molecular complexity index is 581. The van der Waals surface area contributed by atoms with E-state index in [0.717, 1.165) is 17.7 Å². The quantitative estimate of drug-likeness (QED) is 0.803. The topological polar surface area (TPSA) is 29.1 Å². The molecule has 0 aliphatic carbocycles. The number of carbonyl (C=O) groups excluding carboxylic acids is 1. The number of halogens is 2. The second kappa shape index (κ2) is 5.85. The molecule has 0 aliphatic rings. The van der Waals surface area contributed by atoms with Gasteiger partial charge in [-0.15, -0.1) is 0 Å². The lowest BCUT2D eigenvalue weighted by Gasteiger charge is -2.11. The van der Waals surface area contributed by atoms with E-state index in [1.54, 1.807) is 42.5 Å². The first-order valence-electron chi connectivity index (χ1n) is 5.86. The second-order valence-corrected chi connectivity index (χ2v) is 4.62. The molecule has 2 rings (SSSR count). The molecule has 0 amide bonds. The van der Waals surface area contributed by atoms with E-state index < -0.39 is 6.17 Å². The Balaban J connectivity index is 2.22. The molecule has 0 saturated carbocycles. The van der Waals surface area contributed by atoms with Gasteiger partial charge in [0, 0.05) is 27.5 Å². The fourth-order valence-corrected chi connectivity index (χ4v) is 2.01. The highest BCUT2D eigenvalue weighted by molar-refractivity contribution is 6.31. The SMILES string of the molecule is CC(F)c1cc(Nc2ccc(C=O)cc2)ccc1Cl. The summed E-state index contributed by atoms with van der Waals surface area (Å²) >= 11 is 5.93. The monoisotopic (exact) mass is 277 g/mol. The Hall–Kier alpha value is -1.87. The van der Waals surface area contributed by atoms with E-state index in [1.165, 1.54) is 6.92 Å². The van der Waals surface area contributed by atoms with Crippen LogP contribution in [0.1, 0.15) is 29.0 Å². The van der Waals surface area contributed by atoms with Crippen LogP contribution in [0.3, 0.4) is 0 Å². The third-order valence-corrected chi connectivity index (χ3v) is 3.10. The van der Waals surface area contributed by atoms with Crippen molar-refractivity contribution in [2.24, 2.45) is 0 Å². The molecular weight excluding hydrogens is 265 g/mol. The number of hydrogen-bond donors (Lipinski definition) is 1. The largest absolute Gasteiger partial charge is 0.356 e. The van der Waals surface area contributed by atoms with E-state index in [9.17, 15) is 9.18 Å². The molecule has 98 valence electrons. The minimum Gasteiger partial charge on any atom is -0.356 e. The minimum atomic E-state index is -1.12. The number of benzene rings is 2. The Morgan fingerprint density at radius 1 is 1.16 bits per heavy atom. The lowest BCUT2D eigenvalue weighted by molar-refractivity contribution is 0.112. The summed E-state index contributed by atoms with van der Waals surface area (Å²) in [6.07, 6.45) is -0.332. The number of hydrogen-bond acceptors (Lipinski definition) is 2. The van der Waals surface area contributed by atoms with Crippen molar-refractivity contribution >= 4 is 29.3 Å². The van der Waals surface area contributed by atoms with Crippen molar-refractivity contribution in [3.63, 3.8) is 0 Å². The molecule has 4 heteroatoms. The first kappa shape index (κ1) is 13.6. The lowest BCUT2D eigenvalue weighted by Crippen LogP contribution is -1.94. The maximum absolute atomic E-state index is 13.4. The highest BCUT2D eigenvalue weighted by Gasteiger charge is 2.09. The van der Waals surface area contributed by atoms with Gasteiger partial charge >= 0.3 is 0 Å². The van der Waals surface area contributed by atoms with Crippen molar-refractivity contribution < 1.29 is 9.18 Å². The van der Waals surface area contributed by atoms with Gasteiger partial charge in [-0.25, -0.2) is 4.39 Å². The minimum absolute atomic E-state index is 0.414. The van der Waals surface area contributed by atoms with Crippen LogP contribution in [-0.2, 0) is 0 Å². The molecule has 1 unspecified atom stereocenters. The van der Waals surface area contributed by atoms with Gasteiger partial charge in [0.05, 0.1) is 0 Å². The number of aldehydes is 1. The Labute approximate surface area is 116 Å². The molecule has 0 heterocycles. The van der Waals surface area contributed by atoms with Crippen molar-refractivity contribution in [3.8, 4) is 0 Å². The molecule has 2 aromatic carbocycles. The van der Waals surface area contributed by atoms with E-state index in [2.05, 4.69) is 5.32 Å². The summed E-state index contributed by atoms with van der Waals surface area (Å²) < 4.78 is 13.4. The summed E-state index contributed by atoms with van der Waals surface area (Å²) in [7, 11) is 0. The normalized spacial score (nSPS) is 11.9. The number of alkyl halides is 1. The van der Waals surface area contributed by atoms with E-state index in [4.69, 9.17) is 11.6 Å². The number of carbonyl (C=O) groups is 1. The second-order valence-electron chi connectivity index (χ2n) is 4.22. The molecule has 2 aromatic rings. The summed E-state index contributed by atoms with van der Waals surface area (Å²) in [5.74, 6) is 0. The van der Waals surface area contributed by atoms with Gasteiger partial charge in [-0.1, -0.05) is 11.6 Å². The zero-order valence-corrected chi connectivity index (χ0v) is 11.1. The highest BCUT2D eigenvalue weighted by atomic mass is 35.5. The fraction of sp³-hybridized carbons (Fsp3) is 0.133. The van der Waals surface area contributed by atoms with Crippen molar-refractivity contribution in [3.05, 3.63) is 58.6 Å².